The molecule has 142 valence electrons. The van der Waals surface area contributed by atoms with E-state index in [9.17, 15) is 9.59 Å². The van der Waals surface area contributed by atoms with Crippen LogP contribution in [0.2, 0.25) is 0 Å². The maximum atomic E-state index is 12.5. The van der Waals surface area contributed by atoms with Gasteiger partial charge in [-0.2, -0.15) is 0 Å². The summed E-state index contributed by atoms with van der Waals surface area (Å²) in [6, 6.07) is 9.57. The van der Waals surface area contributed by atoms with Gasteiger partial charge >= 0.3 is 0 Å². The van der Waals surface area contributed by atoms with Gasteiger partial charge in [0.15, 0.2) is 0 Å². The van der Waals surface area contributed by atoms with E-state index in [0.29, 0.717) is 5.56 Å². The van der Waals surface area contributed by atoms with Gasteiger partial charge in [0.05, 0.1) is 15.8 Å². The van der Waals surface area contributed by atoms with Crippen LogP contribution in [0.3, 0.4) is 0 Å². The molecule has 1 aromatic carbocycles. The van der Waals surface area contributed by atoms with Crippen molar-refractivity contribution in [2.45, 2.75) is 43.9 Å². The van der Waals surface area contributed by atoms with Crippen LogP contribution >= 0.6 is 11.8 Å². The summed E-state index contributed by atoms with van der Waals surface area (Å²) < 4.78 is 0. The molecular formula is C21H25N3O2S. The molecule has 1 aromatic heterocycles. The van der Waals surface area contributed by atoms with E-state index < -0.39 is 0 Å². The van der Waals surface area contributed by atoms with Crippen LogP contribution < -0.4 is 5.32 Å². The fraction of sp³-hybridized carbons (Fsp3) is 0.381. The van der Waals surface area contributed by atoms with E-state index in [1.54, 1.807) is 12.3 Å². The first kappa shape index (κ1) is 19.4. The number of nitrogens with one attached hydrogen (secondary N) is 1. The number of hydrogen-bond donors (Lipinski definition) is 1. The minimum atomic E-state index is -0.293. The topological polar surface area (TPSA) is 62.3 Å². The number of aromatic nitrogens is 1. The molecule has 0 aliphatic carbocycles. The lowest BCUT2D eigenvalue weighted by Gasteiger charge is -2.15. The molecular weight excluding hydrogens is 358 g/mol. The second-order valence-electron chi connectivity index (χ2n) is 6.95. The van der Waals surface area contributed by atoms with Gasteiger partial charge in [-0.25, -0.2) is 4.98 Å². The number of thioether (sulfide) groups is 1. The Morgan fingerprint density at radius 2 is 1.89 bits per heavy atom. The van der Waals surface area contributed by atoms with Crippen molar-refractivity contribution in [1.29, 1.82) is 0 Å². The van der Waals surface area contributed by atoms with Crippen molar-refractivity contribution >= 4 is 29.3 Å². The van der Waals surface area contributed by atoms with Crippen LogP contribution in [-0.4, -0.2) is 40.0 Å². The van der Waals surface area contributed by atoms with Gasteiger partial charge in [0, 0.05) is 25.0 Å². The van der Waals surface area contributed by atoms with Gasteiger partial charge in [-0.15, -0.1) is 0 Å². The lowest BCUT2D eigenvalue weighted by molar-refractivity contribution is -0.115. The Labute approximate surface area is 164 Å². The number of likely N-dealkylation sites (tertiary alicyclic amines) is 1. The number of carbonyl (C=O) groups is 2. The Hall–Kier alpha value is -2.34. The summed E-state index contributed by atoms with van der Waals surface area (Å²) in [7, 11) is 0. The van der Waals surface area contributed by atoms with Crippen LogP contribution in [0.5, 0.6) is 0 Å². The number of carbonyl (C=O) groups excluding carboxylic acids is 2. The second kappa shape index (κ2) is 8.57. The molecule has 2 heterocycles. The first-order chi connectivity index (χ1) is 12.9. The van der Waals surface area contributed by atoms with E-state index in [0.717, 1.165) is 42.2 Å². The SMILES string of the molecule is Cc1ccc(NC(=O)C(C)Sc2ccc(C(=O)N3CCCC3)cn2)c(C)c1. The van der Waals surface area contributed by atoms with Crippen molar-refractivity contribution in [1.82, 2.24) is 9.88 Å². The van der Waals surface area contributed by atoms with Crippen molar-refractivity contribution in [2.24, 2.45) is 0 Å². The first-order valence-corrected chi connectivity index (χ1v) is 10.1. The number of anilines is 1. The smallest absolute Gasteiger partial charge is 0.255 e. The van der Waals surface area contributed by atoms with E-state index in [4.69, 9.17) is 0 Å². The molecule has 27 heavy (non-hydrogen) atoms. The molecule has 0 saturated carbocycles. The maximum Gasteiger partial charge on any atom is 0.255 e. The van der Waals surface area contributed by atoms with Gasteiger partial charge < -0.3 is 10.2 Å². The Bertz CT molecular complexity index is 830. The molecule has 2 aromatic rings. The molecule has 1 saturated heterocycles. The minimum Gasteiger partial charge on any atom is -0.339 e. The number of pyridine rings is 1. The van der Waals surface area contributed by atoms with E-state index in [1.165, 1.54) is 17.3 Å². The number of aryl methyl sites for hydroxylation is 2. The average Bonchev–Trinajstić information content (AvgIpc) is 3.18. The zero-order chi connectivity index (χ0) is 19.4. The Balaban J connectivity index is 1.59. The lowest BCUT2D eigenvalue weighted by Crippen LogP contribution is -2.27. The summed E-state index contributed by atoms with van der Waals surface area (Å²) in [5.74, 6) is -0.0249. The summed E-state index contributed by atoms with van der Waals surface area (Å²) in [6.45, 7) is 7.52. The van der Waals surface area contributed by atoms with E-state index >= 15 is 0 Å². The summed E-state index contributed by atoms with van der Waals surface area (Å²) >= 11 is 1.38. The van der Waals surface area contributed by atoms with E-state index in [2.05, 4.69) is 10.3 Å². The molecule has 2 amide bonds. The number of rotatable bonds is 5. The molecule has 1 unspecified atom stereocenters. The molecule has 6 heteroatoms. The highest BCUT2D eigenvalue weighted by atomic mass is 32.2. The van der Waals surface area contributed by atoms with E-state index in [-0.39, 0.29) is 17.1 Å². The van der Waals surface area contributed by atoms with Crippen LogP contribution in [0.4, 0.5) is 5.69 Å². The van der Waals surface area contributed by atoms with Gasteiger partial charge in [-0.05, 0) is 57.4 Å². The number of nitrogens with zero attached hydrogens (tertiary/aromatic N) is 2. The Morgan fingerprint density at radius 1 is 1.15 bits per heavy atom. The van der Waals surface area contributed by atoms with Crippen molar-refractivity contribution in [2.75, 3.05) is 18.4 Å². The monoisotopic (exact) mass is 383 g/mol. The Morgan fingerprint density at radius 3 is 2.52 bits per heavy atom. The van der Waals surface area contributed by atoms with Gasteiger partial charge in [0.2, 0.25) is 5.91 Å². The third kappa shape index (κ3) is 4.89. The second-order valence-corrected chi connectivity index (χ2v) is 8.31. The molecule has 1 aliphatic rings. The van der Waals surface area contributed by atoms with Gasteiger partial charge in [0.25, 0.3) is 5.91 Å². The minimum absolute atomic E-state index is 0.0391. The number of amides is 2. The zero-order valence-corrected chi connectivity index (χ0v) is 16.8. The highest BCUT2D eigenvalue weighted by Crippen LogP contribution is 2.24. The van der Waals surface area contributed by atoms with Gasteiger partial charge in [0.1, 0.15) is 0 Å². The molecule has 1 aliphatic heterocycles. The molecule has 1 fully saturated rings. The molecule has 3 rings (SSSR count). The van der Waals surface area contributed by atoms with Crippen molar-refractivity contribution in [3.63, 3.8) is 0 Å². The van der Waals surface area contributed by atoms with Crippen LogP contribution in [0.15, 0.2) is 41.6 Å². The first-order valence-electron chi connectivity index (χ1n) is 9.24. The summed E-state index contributed by atoms with van der Waals surface area (Å²) in [4.78, 5) is 31.1. The third-order valence-electron chi connectivity index (χ3n) is 4.68. The van der Waals surface area contributed by atoms with Crippen LogP contribution in [-0.2, 0) is 4.79 Å². The predicted molar refractivity (Wildman–Crippen MR) is 109 cm³/mol. The molecule has 1 N–H and O–H groups in total. The number of hydrogen-bond acceptors (Lipinski definition) is 4. The summed E-state index contributed by atoms with van der Waals surface area (Å²) in [6.07, 6.45) is 3.75. The predicted octanol–water partition coefficient (Wildman–Crippen LogP) is 4.05. The highest BCUT2D eigenvalue weighted by Gasteiger charge is 2.20. The largest absolute Gasteiger partial charge is 0.339 e. The zero-order valence-electron chi connectivity index (χ0n) is 16.0. The maximum absolute atomic E-state index is 12.5. The molecule has 0 radical (unpaired) electrons. The summed E-state index contributed by atoms with van der Waals surface area (Å²) in [5, 5.41) is 3.42. The number of benzene rings is 1. The van der Waals surface area contributed by atoms with Crippen molar-refractivity contribution in [3.05, 3.63) is 53.2 Å². The van der Waals surface area contributed by atoms with Crippen LogP contribution in [0.1, 0.15) is 41.3 Å². The molecule has 1 atom stereocenters. The van der Waals surface area contributed by atoms with Crippen molar-refractivity contribution in [3.8, 4) is 0 Å². The third-order valence-corrected chi connectivity index (χ3v) is 5.73. The van der Waals surface area contributed by atoms with Gasteiger partial charge in [-0.1, -0.05) is 29.5 Å². The highest BCUT2D eigenvalue weighted by molar-refractivity contribution is 8.00. The van der Waals surface area contributed by atoms with Crippen molar-refractivity contribution < 1.29 is 9.59 Å². The van der Waals surface area contributed by atoms with Crippen LogP contribution in [0, 0.1) is 13.8 Å². The summed E-state index contributed by atoms with van der Waals surface area (Å²) in [5.41, 5.74) is 3.65. The normalized spacial score (nSPS) is 14.9. The van der Waals surface area contributed by atoms with Gasteiger partial charge in [-0.3, -0.25) is 9.59 Å². The molecule has 0 spiro atoms. The fourth-order valence-corrected chi connectivity index (χ4v) is 3.89. The molecule has 5 nitrogen and oxygen atoms in total. The van der Waals surface area contributed by atoms with Crippen LogP contribution in [0.25, 0.3) is 0 Å². The molecule has 0 bridgehead atoms. The van der Waals surface area contributed by atoms with E-state index in [1.807, 2.05) is 49.9 Å². The average molecular weight is 384 g/mol. The Kier molecular flexibility index (Phi) is 6.16. The lowest BCUT2D eigenvalue weighted by atomic mass is 10.1. The quantitative estimate of drug-likeness (QED) is 0.791. The standard InChI is InChI=1S/C21H25N3O2S/c1-14-6-8-18(15(2)12-14)23-20(25)16(3)27-19-9-7-17(13-22-19)21(26)24-10-4-5-11-24/h6-9,12-13,16H,4-5,10-11H2,1-3H3,(H,23,25). The fourth-order valence-electron chi connectivity index (χ4n) is 3.10.